The van der Waals surface area contributed by atoms with E-state index < -0.39 is 11.2 Å². The number of aromatic nitrogens is 1. The highest BCUT2D eigenvalue weighted by atomic mass is 16.6. The van der Waals surface area contributed by atoms with Crippen LogP contribution in [0.4, 0.5) is 4.79 Å². The van der Waals surface area contributed by atoms with Crippen molar-refractivity contribution in [2.75, 3.05) is 13.7 Å². The Morgan fingerprint density at radius 1 is 1.32 bits per heavy atom. The van der Waals surface area contributed by atoms with Crippen molar-refractivity contribution in [3.05, 3.63) is 30.1 Å². The second-order valence-electron chi connectivity index (χ2n) is 6.86. The molecular formula is C17H26N2O3. The van der Waals surface area contributed by atoms with Gasteiger partial charge in [0, 0.05) is 19.9 Å². The number of carbonyl (C=O) groups is 1. The van der Waals surface area contributed by atoms with E-state index in [0.717, 1.165) is 18.5 Å². The second-order valence-corrected chi connectivity index (χ2v) is 6.86. The molecule has 122 valence electrons. The Hall–Kier alpha value is -1.62. The van der Waals surface area contributed by atoms with Gasteiger partial charge in [-0.2, -0.15) is 0 Å². The largest absolute Gasteiger partial charge is 0.444 e. The summed E-state index contributed by atoms with van der Waals surface area (Å²) in [5, 5.41) is 0. The quantitative estimate of drug-likeness (QED) is 0.859. The lowest BCUT2D eigenvalue weighted by Gasteiger charge is -2.39. The lowest BCUT2D eigenvalue weighted by atomic mass is 9.90. The predicted molar refractivity (Wildman–Crippen MR) is 84.6 cm³/mol. The zero-order chi connectivity index (χ0) is 16.4. The lowest BCUT2D eigenvalue weighted by molar-refractivity contribution is -0.0668. The first kappa shape index (κ1) is 16.7. The third kappa shape index (κ3) is 3.40. The Kier molecular flexibility index (Phi) is 4.75. The van der Waals surface area contributed by atoms with Crippen LogP contribution in [0.2, 0.25) is 0 Å². The van der Waals surface area contributed by atoms with Crippen molar-refractivity contribution >= 4 is 6.09 Å². The van der Waals surface area contributed by atoms with Crippen molar-refractivity contribution < 1.29 is 14.3 Å². The van der Waals surface area contributed by atoms with Crippen LogP contribution in [0.25, 0.3) is 0 Å². The number of rotatable bonds is 3. The van der Waals surface area contributed by atoms with Gasteiger partial charge in [0.25, 0.3) is 0 Å². The minimum absolute atomic E-state index is 0.0813. The lowest BCUT2D eigenvalue weighted by Crippen LogP contribution is -2.50. The zero-order valence-corrected chi connectivity index (χ0v) is 14.1. The summed E-state index contributed by atoms with van der Waals surface area (Å²) in [6.45, 7) is 8.31. The smallest absolute Gasteiger partial charge is 0.410 e. The summed E-state index contributed by atoms with van der Waals surface area (Å²) in [6.07, 6.45) is 3.28. The SMILES string of the molecule is COC(C)(c1ccccn1)[C@H]1CCCN1C(=O)OC(C)(C)C. The van der Waals surface area contributed by atoms with Crippen LogP contribution in [-0.2, 0) is 15.1 Å². The number of ether oxygens (including phenoxy) is 2. The topological polar surface area (TPSA) is 51.7 Å². The average Bonchev–Trinajstić information content (AvgIpc) is 2.95. The normalized spacial score (nSPS) is 21.5. The number of amides is 1. The molecule has 2 rings (SSSR count). The van der Waals surface area contributed by atoms with E-state index in [2.05, 4.69) is 4.98 Å². The Balaban J connectivity index is 2.26. The molecule has 1 fully saturated rings. The van der Waals surface area contributed by atoms with Gasteiger partial charge in [-0.25, -0.2) is 4.79 Å². The number of hydrogen-bond donors (Lipinski definition) is 0. The molecule has 5 nitrogen and oxygen atoms in total. The van der Waals surface area contributed by atoms with Crippen molar-refractivity contribution in [1.29, 1.82) is 0 Å². The second kappa shape index (κ2) is 6.24. The fraction of sp³-hybridized carbons (Fsp3) is 0.647. The fourth-order valence-corrected chi connectivity index (χ4v) is 2.95. The standard InChI is InChI=1S/C17H26N2O3/c1-16(2,3)22-15(20)19-12-8-10-14(19)17(4,21-5)13-9-6-7-11-18-13/h6-7,9,11,14H,8,10,12H2,1-5H3/t14-,17?/m1/s1. The summed E-state index contributed by atoms with van der Waals surface area (Å²) in [5.41, 5.74) is -0.314. The van der Waals surface area contributed by atoms with E-state index in [9.17, 15) is 4.79 Å². The molecule has 22 heavy (non-hydrogen) atoms. The van der Waals surface area contributed by atoms with Crippen molar-refractivity contribution in [1.82, 2.24) is 9.88 Å². The Bertz CT molecular complexity index is 512. The number of methoxy groups -OCH3 is 1. The van der Waals surface area contributed by atoms with Gasteiger partial charge in [0.1, 0.15) is 11.2 Å². The molecule has 1 saturated heterocycles. The summed E-state index contributed by atoms with van der Waals surface area (Å²) in [4.78, 5) is 18.7. The minimum atomic E-state index is -0.644. The fourth-order valence-electron chi connectivity index (χ4n) is 2.95. The van der Waals surface area contributed by atoms with E-state index in [0.29, 0.717) is 6.54 Å². The summed E-state index contributed by atoms with van der Waals surface area (Å²) in [6, 6.07) is 5.67. The van der Waals surface area contributed by atoms with Gasteiger partial charge in [-0.15, -0.1) is 0 Å². The molecule has 0 aromatic carbocycles. The van der Waals surface area contributed by atoms with E-state index in [1.54, 1.807) is 18.2 Å². The Morgan fingerprint density at radius 2 is 2.05 bits per heavy atom. The van der Waals surface area contributed by atoms with E-state index in [1.165, 1.54) is 0 Å². The maximum Gasteiger partial charge on any atom is 0.410 e. The van der Waals surface area contributed by atoms with Crippen molar-refractivity contribution in [3.63, 3.8) is 0 Å². The third-order valence-electron chi connectivity index (χ3n) is 4.11. The highest BCUT2D eigenvalue weighted by Crippen LogP contribution is 2.37. The number of hydrogen-bond acceptors (Lipinski definition) is 4. The van der Waals surface area contributed by atoms with Crippen LogP contribution in [0.3, 0.4) is 0 Å². The van der Waals surface area contributed by atoms with Gasteiger partial charge in [0.15, 0.2) is 0 Å². The first-order valence-corrected chi connectivity index (χ1v) is 7.74. The molecule has 2 heterocycles. The summed E-state index contributed by atoms with van der Waals surface area (Å²) >= 11 is 0. The van der Waals surface area contributed by atoms with Crippen molar-refractivity contribution in [2.45, 2.75) is 57.8 Å². The molecule has 1 aromatic heterocycles. The summed E-state index contributed by atoms with van der Waals surface area (Å²) < 4.78 is 11.3. The molecule has 0 N–H and O–H groups in total. The van der Waals surface area contributed by atoms with Gasteiger partial charge in [-0.05, 0) is 52.7 Å². The highest BCUT2D eigenvalue weighted by Gasteiger charge is 2.46. The maximum absolute atomic E-state index is 12.5. The van der Waals surface area contributed by atoms with Gasteiger partial charge in [0.05, 0.1) is 11.7 Å². The monoisotopic (exact) mass is 306 g/mol. The maximum atomic E-state index is 12.5. The van der Waals surface area contributed by atoms with E-state index in [4.69, 9.17) is 9.47 Å². The van der Waals surface area contributed by atoms with Gasteiger partial charge < -0.3 is 14.4 Å². The molecule has 2 atom stereocenters. The van der Waals surface area contributed by atoms with Crippen LogP contribution in [-0.4, -0.2) is 41.3 Å². The molecule has 1 aliphatic rings. The molecule has 0 spiro atoms. The molecule has 0 aliphatic carbocycles. The number of nitrogens with zero attached hydrogens (tertiary/aromatic N) is 2. The molecule has 0 bridgehead atoms. The van der Waals surface area contributed by atoms with Crippen LogP contribution < -0.4 is 0 Å². The number of carbonyl (C=O) groups excluding carboxylic acids is 1. The van der Waals surface area contributed by atoms with Gasteiger partial charge in [0.2, 0.25) is 0 Å². The van der Waals surface area contributed by atoms with Gasteiger partial charge >= 0.3 is 6.09 Å². The molecule has 0 radical (unpaired) electrons. The van der Waals surface area contributed by atoms with Gasteiger partial charge in [-0.1, -0.05) is 6.07 Å². The summed E-state index contributed by atoms with van der Waals surface area (Å²) in [5.74, 6) is 0. The van der Waals surface area contributed by atoms with E-state index in [1.807, 2.05) is 45.9 Å². The molecule has 0 saturated carbocycles. The van der Waals surface area contributed by atoms with Crippen LogP contribution in [0.5, 0.6) is 0 Å². The Labute approximate surface area is 132 Å². The number of pyridine rings is 1. The first-order chi connectivity index (χ1) is 10.3. The van der Waals surface area contributed by atoms with E-state index >= 15 is 0 Å². The predicted octanol–water partition coefficient (Wildman–Crippen LogP) is 3.34. The van der Waals surface area contributed by atoms with Crippen LogP contribution in [0, 0.1) is 0 Å². The zero-order valence-electron chi connectivity index (χ0n) is 14.1. The van der Waals surface area contributed by atoms with Crippen molar-refractivity contribution in [2.24, 2.45) is 0 Å². The molecule has 5 heteroatoms. The third-order valence-corrected chi connectivity index (χ3v) is 4.11. The molecule has 1 aliphatic heterocycles. The van der Waals surface area contributed by atoms with Crippen LogP contribution in [0.1, 0.15) is 46.2 Å². The minimum Gasteiger partial charge on any atom is -0.444 e. The van der Waals surface area contributed by atoms with Gasteiger partial charge in [-0.3, -0.25) is 4.98 Å². The number of likely N-dealkylation sites (tertiary alicyclic amines) is 1. The Morgan fingerprint density at radius 3 is 2.59 bits per heavy atom. The van der Waals surface area contributed by atoms with Crippen LogP contribution in [0.15, 0.2) is 24.4 Å². The summed E-state index contributed by atoms with van der Waals surface area (Å²) in [7, 11) is 1.67. The molecule has 1 aromatic rings. The average molecular weight is 306 g/mol. The van der Waals surface area contributed by atoms with Crippen LogP contribution >= 0.6 is 0 Å². The van der Waals surface area contributed by atoms with Crippen molar-refractivity contribution in [3.8, 4) is 0 Å². The molecule has 1 amide bonds. The highest BCUT2D eigenvalue weighted by molar-refractivity contribution is 5.69. The molecular weight excluding hydrogens is 280 g/mol. The molecule has 1 unspecified atom stereocenters. The van der Waals surface area contributed by atoms with E-state index in [-0.39, 0.29) is 12.1 Å². The first-order valence-electron chi connectivity index (χ1n) is 7.74.